The molecule has 210 valence electrons. The number of aliphatic imine (C=N–C) groups is 1. The van der Waals surface area contributed by atoms with Gasteiger partial charge in [-0.25, -0.2) is 4.98 Å². The van der Waals surface area contributed by atoms with Gasteiger partial charge in [0.2, 0.25) is 6.19 Å². The number of hydrogen-bond donors (Lipinski definition) is 0. The third-order valence-electron chi connectivity index (χ3n) is 9.71. The average molecular weight is 539 g/mol. The van der Waals surface area contributed by atoms with E-state index in [-0.39, 0.29) is 11.5 Å². The lowest BCUT2D eigenvalue weighted by Crippen LogP contribution is -2.49. The van der Waals surface area contributed by atoms with Crippen LogP contribution in [-0.2, 0) is 10.2 Å². The molecule has 1 aromatic heterocycles. The molecule has 7 nitrogen and oxygen atoms in total. The Labute approximate surface area is 238 Å². The van der Waals surface area contributed by atoms with Crippen LogP contribution in [0.15, 0.2) is 59.6 Å². The van der Waals surface area contributed by atoms with Crippen molar-refractivity contribution in [1.82, 2.24) is 19.4 Å². The van der Waals surface area contributed by atoms with E-state index in [1.807, 2.05) is 20.0 Å². The first kappa shape index (κ1) is 26.8. The molecule has 0 saturated carbocycles. The zero-order valence-electron chi connectivity index (χ0n) is 24.2. The van der Waals surface area contributed by atoms with Crippen LogP contribution in [0.5, 0.6) is 0 Å². The SMILES string of the molecule is Cc1nc2ccccc2n1C1CC2CCC(C1)N2CCC1(c2ccccc2)CCN(/C(=N/C#N)OC(C)C)CC1. The summed E-state index contributed by atoms with van der Waals surface area (Å²) in [5.74, 6) is 1.15. The van der Waals surface area contributed by atoms with Crippen LogP contribution in [-0.4, -0.2) is 63.2 Å². The quantitative estimate of drug-likeness (QED) is 0.212. The first-order valence-electron chi connectivity index (χ1n) is 15.1. The first-order valence-corrected chi connectivity index (χ1v) is 15.1. The molecule has 0 amide bonds. The van der Waals surface area contributed by atoms with Crippen LogP contribution in [0.25, 0.3) is 11.0 Å². The second kappa shape index (κ2) is 11.2. The number of likely N-dealkylation sites (tertiary alicyclic amines) is 1. The molecule has 7 heteroatoms. The maximum Gasteiger partial charge on any atom is 0.303 e. The van der Waals surface area contributed by atoms with Crippen molar-refractivity contribution in [3.8, 4) is 6.19 Å². The van der Waals surface area contributed by atoms with E-state index < -0.39 is 0 Å². The highest BCUT2D eigenvalue weighted by atomic mass is 16.5. The van der Waals surface area contributed by atoms with E-state index in [0.717, 1.165) is 50.2 Å². The minimum absolute atomic E-state index is 0.00425. The Kier molecular flexibility index (Phi) is 7.55. The second-order valence-electron chi connectivity index (χ2n) is 12.3. The third-order valence-corrected chi connectivity index (χ3v) is 9.71. The lowest BCUT2D eigenvalue weighted by atomic mass is 9.70. The van der Waals surface area contributed by atoms with Gasteiger partial charge in [-0.2, -0.15) is 5.26 Å². The molecule has 2 atom stereocenters. The third kappa shape index (κ3) is 5.10. The zero-order valence-corrected chi connectivity index (χ0v) is 24.2. The minimum Gasteiger partial charge on any atom is -0.462 e. The van der Waals surface area contributed by atoms with Crippen LogP contribution >= 0.6 is 0 Å². The maximum atomic E-state index is 9.24. The number of fused-ring (bicyclic) bond motifs is 3. The lowest BCUT2D eigenvalue weighted by Gasteiger charge is -2.46. The minimum atomic E-state index is -0.00425. The number of imidazole rings is 1. The fourth-order valence-corrected chi connectivity index (χ4v) is 7.82. The van der Waals surface area contributed by atoms with Crippen molar-refractivity contribution in [3.63, 3.8) is 0 Å². The van der Waals surface area contributed by atoms with E-state index in [0.29, 0.717) is 24.1 Å². The summed E-state index contributed by atoms with van der Waals surface area (Å²) >= 11 is 0. The standard InChI is InChI=1S/C33H42N6O/c1-24(2)40-32(35-23-34)37-18-15-33(16-19-37,26-9-5-4-6-10-26)17-20-38-27-13-14-28(38)22-29(21-27)39-25(3)36-30-11-7-8-12-31(30)39/h4-12,24,27-29H,13-22H2,1-3H3/b35-32-. The van der Waals surface area contributed by atoms with Crippen LogP contribution in [0, 0.1) is 18.4 Å². The van der Waals surface area contributed by atoms with Gasteiger partial charge in [0.05, 0.1) is 17.1 Å². The number of aryl methyl sites for hydroxylation is 1. The molecule has 3 aliphatic heterocycles. The number of rotatable bonds is 6. The van der Waals surface area contributed by atoms with Crippen molar-refractivity contribution in [2.45, 2.75) is 95.4 Å². The average Bonchev–Trinajstić information content (AvgIpc) is 3.42. The van der Waals surface area contributed by atoms with Gasteiger partial charge < -0.3 is 14.2 Å². The highest BCUT2D eigenvalue weighted by Crippen LogP contribution is 2.45. The van der Waals surface area contributed by atoms with Crippen LogP contribution < -0.4 is 0 Å². The zero-order chi connectivity index (χ0) is 27.7. The Balaban J connectivity index is 1.17. The Morgan fingerprint density at radius 2 is 1.70 bits per heavy atom. The molecular weight excluding hydrogens is 496 g/mol. The van der Waals surface area contributed by atoms with Gasteiger partial charge in [-0.1, -0.05) is 42.5 Å². The number of benzene rings is 2. The Morgan fingerprint density at radius 1 is 1.02 bits per heavy atom. The van der Waals surface area contributed by atoms with Crippen LogP contribution in [0.1, 0.15) is 76.2 Å². The predicted octanol–water partition coefficient (Wildman–Crippen LogP) is 6.20. The van der Waals surface area contributed by atoms with Gasteiger partial charge in [-0.15, -0.1) is 4.99 Å². The molecule has 2 unspecified atom stereocenters. The largest absolute Gasteiger partial charge is 0.462 e. The summed E-state index contributed by atoms with van der Waals surface area (Å²) in [6.45, 7) is 8.98. The number of nitrogens with zero attached hydrogens (tertiary/aromatic N) is 6. The molecule has 3 saturated heterocycles. The van der Waals surface area contributed by atoms with Gasteiger partial charge in [0.25, 0.3) is 0 Å². The molecule has 2 bridgehead atoms. The Hall–Kier alpha value is -3.37. The fourth-order valence-electron chi connectivity index (χ4n) is 7.82. The van der Waals surface area contributed by atoms with E-state index in [4.69, 9.17) is 9.72 Å². The van der Waals surface area contributed by atoms with E-state index in [1.165, 1.54) is 36.8 Å². The van der Waals surface area contributed by atoms with Gasteiger partial charge in [0.1, 0.15) is 5.82 Å². The van der Waals surface area contributed by atoms with Crippen molar-refractivity contribution < 1.29 is 4.74 Å². The summed E-state index contributed by atoms with van der Waals surface area (Å²) in [5.41, 5.74) is 3.97. The van der Waals surface area contributed by atoms with Crippen LogP contribution in [0.3, 0.4) is 0 Å². The van der Waals surface area contributed by atoms with Crippen molar-refractivity contribution in [2.24, 2.45) is 4.99 Å². The Morgan fingerprint density at radius 3 is 2.38 bits per heavy atom. The van der Waals surface area contributed by atoms with E-state index >= 15 is 0 Å². The maximum absolute atomic E-state index is 9.24. The summed E-state index contributed by atoms with van der Waals surface area (Å²) in [6, 6.07) is 22.0. The highest BCUT2D eigenvalue weighted by Gasteiger charge is 2.44. The lowest BCUT2D eigenvalue weighted by molar-refractivity contribution is 0.0848. The van der Waals surface area contributed by atoms with Crippen molar-refractivity contribution in [1.29, 1.82) is 5.26 Å². The number of aromatic nitrogens is 2. The van der Waals surface area contributed by atoms with Crippen molar-refractivity contribution >= 4 is 17.1 Å². The number of ether oxygens (including phenoxy) is 1. The van der Waals surface area contributed by atoms with E-state index in [1.54, 1.807) is 0 Å². The van der Waals surface area contributed by atoms with Crippen molar-refractivity contribution in [2.75, 3.05) is 19.6 Å². The molecule has 3 aromatic rings. The van der Waals surface area contributed by atoms with Gasteiger partial charge in [-0.3, -0.25) is 4.90 Å². The molecule has 6 rings (SSSR count). The summed E-state index contributed by atoms with van der Waals surface area (Å²) < 4.78 is 8.44. The van der Waals surface area contributed by atoms with Gasteiger partial charge in [0.15, 0.2) is 0 Å². The van der Waals surface area contributed by atoms with Crippen molar-refractivity contribution in [3.05, 3.63) is 66.0 Å². The number of hydrogen-bond acceptors (Lipinski definition) is 5. The normalized spacial score (nSPS) is 24.9. The molecule has 0 aliphatic carbocycles. The number of amidine groups is 1. The van der Waals surface area contributed by atoms with Crippen LogP contribution in [0.2, 0.25) is 0 Å². The summed E-state index contributed by atoms with van der Waals surface area (Å²) in [4.78, 5) is 13.9. The molecular formula is C33H42N6O. The van der Waals surface area contributed by atoms with Crippen LogP contribution in [0.4, 0.5) is 0 Å². The summed E-state index contributed by atoms with van der Waals surface area (Å²) in [7, 11) is 0. The highest BCUT2D eigenvalue weighted by molar-refractivity contribution is 5.76. The first-order chi connectivity index (χ1) is 19.5. The van der Waals surface area contributed by atoms with E-state index in [9.17, 15) is 5.26 Å². The van der Waals surface area contributed by atoms with Gasteiger partial charge in [0, 0.05) is 31.2 Å². The monoisotopic (exact) mass is 538 g/mol. The number of nitriles is 1. The molecule has 0 spiro atoms. The number of para-hydroxylation sites is 2. The smallest absolute Gasteiger partial charge is 0.303 e. The molecule has 2 aromatic carbocycles. The molecule has 40 heavy (non-hydrogen) atoms. The number of piperidine rings is 2. The Bertz CT molecular complexity index is 1370. The van der Waals surface area contributed by atoms with Gasteiger partial charge in [-0.05, 0) is 95.4 Å². The molecule has 4 heterocycles. The van der Waals surface area contributed by atoms with E-state index in [2.05, 4.69) is 80.9 Å². The fraction of sp³-hybridized carbons (Fsp3) is 0.545. The summed E-state index contributed by atoms with van der Waals surface area (Å²) in [6.07, 6.45) is 10.2. The molecule has 3 aliphatic rings. The molecule has 0 radical (unpaired) electrons. The summed E-state index contributed by atoms with van der Waals surface area (Å²) in [5, 5.41) is 9.24. The topological polar surface area (TPSA) is 69.7 Å². The second-order valence-corrected chi connectivity index (χ2v) is 12.3. The predicted molar refractivity (Wildman–Crippen MR) is 159 cm³/mol. The molecule has 3 fully saturated rings. The molecule has 0 N–H and O–H groups in total. The van der Waals surface area contributed by atoms with Gasteiger partial charge >= 0.3 is 6.02 Å².